The molecule has 1 atom stereocenters. The molecule has 0 aliphatic carbocycles. The van der Waals surface area contributed by atoms with Crippen LogP contribution in [0.15, 0.2) is 34.7 Å². The maximum absolute atomic E-state index is 12.6. The van der Waals surface area contributed by atoms with Crippen molar-refractivity contribution in [3.8, 4) is 0 Å². The first-order chi connectivity index (χ1) is 14.2. The molecule has 0 radical (unpaired) electrons. The standard InChI is InChI=1S/C19H23N5O3S2/c25-16-12-14(13-24(16)15-4-2-1-3-5-15)17(26)20-18-21-22-19(29-18)28-11-8-23-6-9-27-10-7-23/h1-5,14H,6-13H2,(H,20,21,26)/t14-/m0/s1. The fourth-order valence-electron chi connectivity index (χ4n) is 3.35. The molecule has 2 amide bonds. The number of para-hydroxylation sites is 1. The Bertz CT molecular complexity index is 841. The van der Waals surface area contributed by atoms with Crippen molar-refractivity contribution in [1.82, 2.24) is 15.1 Å². The van der Waals surface area contributed by atoms with Gasteiger partial charge >= 0.3 is 0 Å². The summed E-state index contributed by atoms with van der Waals surface area (Å²) in [4.78, 5) is 28.9. The number of nitrogens with zero attached hydrogens (tertiary/aromatic N) is 4. The van der Waals surface area contributed by atoms with E-state index in [4.69, 9.17) is 4.74 Å². The van der Waals surface area contributed by atoms with Crippen molar-refractivity contribution < 1.29 is 14.3 Å². The van der Waals surface area contributed by atoms with Gasteiger partial charge in [-0.1, -0.05) is 41.3 Å². The minimum atomic E-state index is -0.385. The number of carbonyl (C=O) groups is 2. The van der Waals surface area contributed by atoms with E-state index in [0.29, 0.717) is 11.7 Å². The molecule has 2 saturated heterocycles. The van der Waals surface area contributed by atoms with Gasteiger partial charge in [0.05, 0.1) is 19.1 Å². The zero-order valence-electron chi connectivity index (χ0n) is 16.0. The lowest BCUT2D eigenvalue weighted by atomic mass is 10.1. The molecule has 0 saturated carbocycles. The minimum absolute atomic E-state index is 0.0343. The van der Waals surface area contributed by atoms with E-state index >= 15 is 0 Å². The van der Waals surface area contributed by atoms with Gasteiger partial charge in [0.15, 0.2) is 4.34 Å². The Balaban J connectivity index is 1.25. The molecule has 0 spiro atoms. The van der Waals surface area contributed by atoms with Crippen LogP contribution < -0.4 is 10.2 Å². The molecule has 10 heteroatoms. The molecule has 0 unspecified atom stereocenters. The summed E-state index contributed by atoms with van der Waals surface area (Å²) in [7, 11) is 0. The summed E-state index contributed by atoms with van der Waals surface area (Å²) in [6.07, 6.45) is 0.209. The third-order valence-corrected chi connectivity index (χ3v) is 6.89. The van der Waals surface area contributed by atoms with E-state index in [0.717, 1.165) is 48.6 Å². The van der Waals surface area contributed by atoms with Crippen LogP contribution in [0.1, 0.15) is 6.42 Å². The van der Waals surface area contributed by atoms with Gasteiger partial charge < -0.3 is 15.0 Å². The van der Waals surface area contributed by atoms with Crippen LogP contribution in [-0.2, 0) is 14.3 Å². The molecule has 3 heterocycles. The summed E-state index contributed by atoms with van der Waals surface area (Å²) in [5, 5.41) is 11.5. The Morgan fingerprint density at radius 1 is 1.24 bits per heavy atom. The fraction of sp³-hybridized carbons (Fsp3) is 0.474. The Kier molecular flexibility index (Phi) is 6.75. The monoisotopic (exact) mass is 433 g/mol. The van der Waals surface area contributed by atoms with Gasteiger partial charge in [-0.3, -0.25) is 14.5 Å². The molecule has 1 aromatic carbocycles. The highest BCUT2D eigenvalue weighted by atomic mass is 32.2. The van der Waals surface area contributed by atoms with Gasteiger partial charge in [0, 0.05) is 44.0 Å². The van der Waals surface area contributed by atoms with Crippen molar-refractivity contribution in [3.05, 3.63) is 30.3 Å². The second-order valence-electron chi connectivity index (χ2n) is 6.91. The van der Waals surface area contributed by atoms with Crippen molar-refractivity contribution >= 4 is 45.7 Å². The molecular formula is C19H23N5O3S2. The molecule has 154 valence electrons. The van der Waals surface area contributed by atoms with Crippen molar-refractivity contribution in [1.29, 1.82) is 0 Å². The number of thioether (sulfide) groups is 1. The van der Waals surface area contributed by atoms with Crippen molar-refractivity contribution in [2.75, 3.05) is 55.4 Å². The molecule has 8 nitrogen and oxygen atoms in total. The Morgan fingerprint density at radius 2 is 2.03 bits per heavy atom. The minimum Gasteiger partial charge on any atom is -0.379 e. The maximum Gasteiger partial charge on any atom is 0.231 e. The zero-order valence-corrected chi connectivity index (χ0v) is 17.6. The number of aromatic nitrogens is 2. The summed E-state index contributed by atoms with van der Waals surface area (Å²) < 4.78 is 6.19. The number of hydrogen-bond donors (Lipinski definition) is 1. The topological polar surface area (TPSA) is 87.7 Å². The van der Waals surface area contributed by atoms with E-state index in [1.165, 1.54) is 11.3 Å². The summed E-state index contributed by atoms with van der Waals surface area (Å²) >= 11 is 3.01. The number of ether oxygens (including phenoxy) is 1. The van der Waals surface area contributed by atoms with Gasteiger partial charge in [-0.05, 0) is 12.1 Å². The Hall–Kier alpha value is -2.01. The van der Waals surface area contributed by atoms with E-state index in [1.54, 1.807) is 16.7 Å². The van der Waals surface area contributed by atoms with Crippen LogP contribution >= 0.6 is 23.1 Å². The number of hydrogen-bond acceptors (Lipinski definition) is 8. The first kappa shape index (κ1) is 20.3. The van der Waals surface area contributed by atoms with Crippen LogP contribution in [0.4, 0.5) is 10.8 Å². The second-order valence-corrected chi connectivity index (χ2v) is 9.23. The highest BCUT2D eigenvalue weighted by molar-refractivity contribution is 8.01. The third-order valence-electron chi connectivity index (χ3n) is 4.94. The lowest BCUT2D eigenvalue weighted by Gasteiger charge is -2.25. The molecule has 2 aliphatic heterocycles. The average molecular weight is 434 g/mol. The van der Waals surface area contributed by atoms with Crippen LogP contribution in [0, 0.1) is 5.92 Å². The van der Waals surface area contributed by atoms with Gasteiger partial charge in [0.25, 0.3) is 0 Å². The number of nitrogens with one attached hydrogen (secondary N) is 1. The smallest absolute Gasteiger partial charge is 0.231 e. The van der Waals surface area contributed by atoms with Crippen molar-refractivity contribution in [2.24, 2.45) is 5.92 Å². The first-order valence-corrected chi connectivity index (χ1v) is 11.4. The molecule has 29 heavy (non-hydrogen) atoms. The van der Waals surface area contributed by atoms with Crippen LogP contribution in [0.5, 0.6) is 0 Å². The van der Waals surface area contributed by atoms with E-state index in [9.17, 15) is 9.59 Å². The summed E-state index contributed by atoms with van der Waals surface area (Å²) in [5.74, 6) is 0.320. The summed E-state index contributed by atoms with van der Waals surface area (Å²) in [5.41, 5.74) is 0.822. The lowest BCUT2D eigenvalue weighted by Crippen LogP contribution is -2.37. The van der Waals surface area contributed by atoms with Crippen LogP contribution in [-0.4, -0.2) is 72.1 Å². The van der Waals surface area contributed by atoms with Gasteiger partial charge in [-0.15, -0.1) is 10.2 Å². The fourth-order valence-corrected chi connectivity index (χ4v) is 5.18. The SMILES string of the molecule is O=C(Nc1nnc(SCCN2CCOCC2)s1)[C@H]1CC(=O)N(c2ccccc2)C1. The molecule has 1 aromatic heterocycles. The summed E-state index contributed by atoms with van der Waals surface area (Å²) in [6.45, 7) is 4.90. The predicted octanol–water partition coefficient (Wildman–Crippen LogP) is 1.95. The molecular weight excluding hydrogens is 410 g/mol. The van der Waals surface area contributed by atoms with E-state index < -0.39 is 0 Å². The van der Waals surface area contributed by atoms with E-state index in [-0.39, 0.29) is 24.2 Å². The van der Waals surface area contributed by atoms with Gasteiger partial charge in [-0.25, -0.2) is 0 Å². The number of rotatable bonds is 7. The Morgan fingerprint density at radius 3 is 2.83 bits per heavy atom. The molecule has 0 bridgehead atoms. The lowest BCUT2D eigenvalue weighted by molar-refractivity contribution is -0.122. The Labute approximate surface area is 177 Å². The zero-order chi connectivity index (χ0) is 20.1. The van der Waals surface area contributed by atoms with Crippen LogP contribution in [0.2, 0.25) is 0 Å². The first-order valence-electron chi connectivity index (χ1n) is 9.62. The second kappa shape index (κ2) is 9.66. The number of morpholine rings is 1. The third kappa shape index (κ3) is 5.33. The van der Waals surface area contributed by atoms with Crippen molar-refractivity contribution in [3.63, 3.8) is 0 Å². The molecule has 4 rings (SSSR count). The average Bonchev–Trinajstić information content (AvgIpc) is 3.36. The maximum atomic E-state index is 12.6. The highest BCUT2D eigenvalue weighted by Gasteiger charge is 2.35. The molecule has 1 N–H and O–H groups in total. The van der Waals surface area contributed by atoms with Gasteiger partial charge in [0.2, 0.25) is 16.9 Å². The van der Waals surface area contributed by atoms with Crippen molar-refractivity contribution in [2.45, 2.75) is 10.8 Å². The quantitative estimate of drug-likeness (QED) is 0.527. The van der Waals surface area contributed by atoms with Crippen LogP contribution in [0.3, 0.4) is 0 Å². The number of amides is 2. The molecule has 2 aromatic rings. The van der Waals surface area contributed by atoms with E-state index in [1.807, 2.05) is 30.3 Å². The van der Waals surface area contributed by atoms with E-state index in [2.05, 4.69) is 20.4 Å². The normalized spacial score (nSPS) is 20.2. The number of benzene rings is 1. The number of anilines is 2. The van der Waals surface area contributed by atoms with Gasteiger partial charge in [0.1, 0.15) is 0 Å². The largest absolute Gasteiger partial charge is 0.379 e. The highest BCUT2D eigenvalue weighted by Crippen LogP contribution is 2.28. The number of carbonyl (C=O) groups excluding carboxylic acids is 2. The summed E-state index contributed by atoms with van der Waals surface area (Å²) in [6, 6.07) is 9.43. The van der Waals surface area contributed by atoms with Crippen LogP contribution in [0.25, 0.3) is 0 Å². The predicted molar refractivity (Wildman–Crippen MR) is 113 cm³/mol. The molecule has 2 fully saturated rings. The van der Waals surface area contributed by atoms with Gasteiger partial charge in [-0.2, -0.15) is 0 Å². The molecule has 2 aliphatic rings.